The lowest BCUT2D eigenvalue weighted by Gasteiger charge is -2.34. The maximum atomic E-state index is 6.15. The van der Waals surface area contributed by atoms with Gasteiger partial charge in [-0.05, 0) is 56.7 Å². The normalized spacial score (nSPS) is 15.8. The number of ether oxygens (including phenoxy) is 1. The second kappa shape index (κ2) is 11.2. The van der Waals surface area contributed by atoms with Gasteiger partial charge >= 0.3 is 6.01 Å². The minimum absolute atomic E-state index is 0.0271. The summed E-state index contributed by atoms with van der Waals surface area (Å²) in [7, 11) is 0. The van der Waals surface area contributed by atoms with Crippen molar-refractivity contribution < 1.29 is 4.74 Å². The van der Waals surface area contributed by atoms with E-state index in [1.807, 2.05) is 13.1 Å². The van der Waals surface area contributed by atoms with Crippen molar-refractivity contribution in [2.75, 3.05) is 30.3 Å². The summed E-state index contributed by atoms with van der Waals surface area (Å²) in [6.45, 7) is 14.0. The monoisotopic (exact) mass is 480 g/mol. The highest BCUT2D eigenvalue weighted by molar-refractivity contribution is 5.60. The number of anilines is 2. The summed E-state index contributed by atoms with van der Waals surface area (Å²) in [4.78, 5) is 16.0. The zero-order valence-corrected chi connectivity index (χ0v) is 21.8. The Hall–Kier alpha value is -2.94. The second-order valence-corrected chi connectivity index (χ2v) is 10.2. The molecule has 4 heterocycles. The zero-order chi connectivity index (χ0) is 24.9. The van der Waals surface area contributed by atoms with Gasteiger partial charge in [0.25, 0.3) is 0 Å². The van der Waals surface area contributed by atoms with Crippen LogP contribution in [0.1, 0.15) is 70.2 Å². The Kier molecular flexibility index (Phi) is 8.05. The van der Waals surface area contributed by atoms with Crippen LogP contribution in [-0.4, -0.2) is 56.3 Å². The van der Waals surface area contributed by atoms with Gasteiger partial charge in [0.05, 0.1) is 18.0 Å². The topological polar surface area (TPSA) is 106 Å². The number of imidazole rings is 1. The van der Waals surface area contributed by atoms with Gasteiger partial charge < -0.3 is 20.7 Å². The molecule has 1 aliphatic rings. The van der Waals surface area contributed by atoms with Gasteiger partial charge in [0.2, 0.25) is 0 Å². The number of rotatable bonds is 10. The number of fused-ring (bicyclic) bond motifs is 1. The first-order chi connectivity index (χ1) is 16.8. The minimum atomic E-state index is 0.0271. The lowest BCUT2D eigenvalue weighted by atomic mass is 10.0. The number of hydrogen-bond acceptors (Lipinski definition) is 8. The van der Waals surface area contributed by atoms with E-state index < -0.39 is 0 Å². The first kappa shape index (κ1) is 25.2. The summed E-state index contributed by atoms with van der Waals surface area (Å²) in [5, 5.41) is 8.26. The van der Waals surface area contributed by atoms with Crippen LogP contribution in [0.2, 0.25) is 0 Å². The highest BCUT2D eigenvalue weighted by atomic mass is 16.5. The highest BCUT2D eigenvalue weighted by Gasteiger charge is 2.21. The Bertz CT molecular complexity index is 1120. The molecule has 0 unspecified atom stereocenters. The van der Waals surface area contributed by atoms with E-state index in [0.29, 0.717) is 29.8 Å². The SMILES string of the molecule is CCC[C@H](C)Oc1nc(N)c2ncc(Cc3cnc(N4CCC(NCC(C)C)CC4)c(C)c3)n2n1. The lowest BCUT2D eigenvalue weighted by molar-refractivity contribution is 0.189. The number of nitrogen functional groups attached to an aromatic ring is 1. The van der Waals surface area contributed by atoms with E-state index >= 15 is 0 Å². The smallest absolute Gasteiger partial charge is 0.336 e. The predicted octanol–water partition coefficient (Wildman–Crippen LogP) is 3.78. The van der Waals surface area contributed by atoms with Gasteiger partial charge in [-0.2, -0.15) is 4.98 Å². The van der Waals surface area contributed by atoms with Gasteiger partial charge in [-0.3, -0.25) is 0 Å². The number of pyridine rings is 1. The summed E-state index contributed by atoms with van der Waals surface area (Å²) in [6.07, 6.45) is 8.72. The third-order valence-corrected chi connectivity index (χ3v) is 6.54. The Labute approximate surface area is 208 Å². The van der Waals surface area contributed by atoms with E-state index in [2.05, 4.69) is 59.0 Å². The quantitative estimate of drug-likeness (QED) is 0.451. The summed E-state index contributed by atoms with van der Waals surface area (Å²) in [6, 6.07) is 3.11. The molecule has 0 radical (unpaired) electrons. The number of hydrogen-bond donors (Lipinski definition) is 2. The van der Waals surface area contributed by atoms with Crippen molar-refractivity contribution in [3.05, 3.63) is 35.3 Å². The van der Waals surface area contributed by atoms with Crippen molar-refractivity contribution in [3.63, 3.8) is 0 Å². The van der Waals surface area contributed by atoms with E-state index in [4.69, 9.17) is 15.5 Å². The van der Waals surface area contributed by atoms with Crippen LogP contribution in [0, 0.1) is 12.8 Å². The van der Waals surface area contributed by atoms with E-state index in [0.717, 1.165) is 62.4 Å². The third kappa shape index (κ3) is 6.20. The number of nitrogens with zero attached hydrogens (tertiary/aromatic N) is 6. The Morgan fingerprint density at radius 1 is 1.17 bits per heavy atom. The molecule has 0 amide bonds. The molecule has 4 rings (SSSR count). The molecular formula is C26H40N8O. The van der Waals surface area contributed by atoms with Gasteiger partial charge in [-0.25, -0.2) is 14.5 Å². The summed E-state index contributed by atoms with van der Waals surface area (Å²) in [5.74, 6) is 2.09. The Balaban J connectivity index is 1.45. The fraction of sp³-hybridized carbons (Fsp3) is 0.615. The molecular weight excluding hydrogens is 440 g/mol. The molecule has 3 aromatic heterocycles. The van der Waals surface area contributed by atoms with Crippen molar-refractivity contribution in [1.82, 2.24) is 29.9 Å². The summed E-state index contributed by atoms with van der Waals surface area (Å²) >= 11 is 0. The zero-order valence-electron chi connectivity index (χ0n) is 21.8. The number of aromatic nitrogens is 5. The molecule has 1 aliphatic heterocycles. The molecule has 3 aromatic rings. The molecule has 1 fully saturated rings. The standard InChI is InChI=1S/C26H40N8O/c1-6-7-19(5)35-26-31-23(27)25-30-16-22(34(25)32-26)13-20-12-18(4)24(29-15-20)33-10-8-21(9-11-33)28-14-17(2)3/h12,15-17,19,21,28H,6-11,13-14H2,1-5H3,(H2,27,31,32)/t19-/m0/s1. The molecule has 0 spiro atoms. The van der Waals surface area contributed by atoms with E-state index in [1.165, 1.54) is 5.56 Å². The Morgan fingerprint density at radius 2 is 1.94 bits per heavy atom. The molecule has 0 aliphatic carbocycles. The highest BCUT2D eigenvalue weighted by Crippen LogP contribution is 2.24. The molecule has 0 aromatic carbocycles. The van der Waals surface area contributed by atoms with Crippen LogP contribution in [0.25, 0.3) is 5.65 Å². The van der Waals surface area contributed by atoms with Gasteiger partial charge in [0.1, 0.15) is 5.82 Å². The van der Waals surface area contributed by atoms with Crippen LogP contribution in [0.4, 0.5) is 11.6 Å². The maximum Gasteiger partial charge on any atom is 0.336 e. The Morgan fingerprint density at radius 3 is 2.63 bits per heavy atom. The number of aryl methyl sites for hydroxylation is 1. The molecule has 3 N–H and O–H groups in total. The third-order valence-electron chi connectivity index (χ3n) is 6.54. The van der Waals surface area contributed by atoms with Crippen LogP contribution in [-0.2, 0) is 6.42 Å². The maximum absolute atomic E-state index is 6.15. The van der Waals surface area contributed by atoms with E-state index in [9.17, 15) is 0 Å². The lowest BCUT2D eigenvalue weighted by Crippen LogP contribution is -2.44. The fourth-order valence-corrected chi connectivity index (χ4v) is 4.70. The first-order valence-corrected chi connectivity index (χ1v) is 12.9. The van der Waals surface area contributed by atoms with Crippen molar-refractivity contribution in [3.8, 4) is 6.01 Å². The van der Waals surface area contributed by atoms with Crippen LogP contribution in [0.5, 0.6) is 6.01 Å². The number of nitrogens with two attached hydrogens (primary N) is 1. The van der Waals surface area contributed by atoms with Crippen LogP contribution in [0.15, 0.2) is 18.5 Å². The molecule has 1 saturated heterocycles. The molecule has 9 heteroatoms. The molecule has 1 atom stereocenters. The van der Waals surface area contributed by atoms with Gasteiger partial charge in [0, 0.05) is 31.7 Å². The van der Waals surface area contributed by atoms with E-state index in [1.54, 1.807) is 10.7 Å². The van der Waals surface area contributed by atoms with Crippen molar-refractivity contribution in [1.29, 1.82) is 0 Å². The average molecular weight is 481 g/mol. The van der Waals surface area contributed by atoms with Crippen LogP contribution in [0.3, 0.4) is 0 Å². The van der Waals surface area contributed by atoms with Crippen molar-refractivity contribution >= 4 is 17.3 Å². The summed E-state index contributed by atoms with van der Waals surface area (Å²) < 4.78 is 7.63. The van der Waals surface area contributed by atoms with Gasteiger partial charge in [0.15, 0.2) is 11.5 Å². The van der Waals surface area contributed by atoms with Crippen LogP contribution >= 0.6 is 0 Å². The molecule has 9 nitrogen and oxygen atoms in total. The number of nitrogens with one attached hydrogen (secondary N) is 1. The minimum Gasteiger partial charge on any atom is -0.459 e. The number of piperidine rings is 1. The molecule has 190 valence electrons. The van der Waals surface area contributed by atoms with Gasteiger partial charge in [-0.15, -0.1) is 5.10 Å². The molecule has 0 saturated carbocycles. The second-order valence-electron chi connectivity index (χ2n) is 10.2. The fourth-order valence-electron chi connectivity index (χ4n) is 4.70. The largest absolute Gasteiger partial charge is 0.459 e. The van der Waals surface area contributed by atoms with Gasteiger partial charge in [-0.1, -0.05) is 33.3 Å². The first-order valence-electron chi connectivity index (χ1n) is 12.9. The van der Waals surface area contributed by atoms with E-state index in [-0.39, 0.29) is 12.1 Å². The molecule has 35 heavy (non-hydrogen) atoms. The molecule has 0 bridgehead atoms. The average Bonchev–Trinajstić information content (AvgIpc) is 3.21. The van der Waals surface area contributed by atoms with Crippen molar-refractivity contribution in [2.24, 2.45) is 5.92 Å². The summed E-state index contributed by atoms with van der Waals surface area (Å²) in [5.41, 5.74) is 9.92. The predicted molar refractivity (Wildman–Crippen MR) is 140 cm³/mol. The van der Waals surface area contributed by atoms with Crippen molar-refractivity contribution in [2.45, 2.75) is 78.9 Å². The van der Waals surface area contributed by atoms with Crippen LogP contribution < -0.4 is 20.7 Å².